The van der Waals surface area contributed by atoms with Gasteiger partial charge in [-0.15, -0.1) is 9.24 Å². The Bertz CT molecular complexity index is 232. The summed E-state index contributed by atoms with van der Waals surface area (Å²) in [5.74, 6) is 0. The normalized spacial score (nSPS) is 11.9. The van der Waals surface area contributed by atoms with Crippen molar-refractivity contribution >= 4 is 23.8 Å². The van der Waals surface area contributed by atoms with Crippen molar-refractivity contribution in [1.82, 2.24) is 0 Å². The number of hydrogen-bond acceptors (Lipinski definition) is 0. The Morgan fingerprint density at radius 2 is 0.778 bits per heavy atom. The minimum Gasteiger partial charge on any atom is -0.418 e. The Hall–Kier alpha value is 0.645. The van der Waals surface area contributed by atoms with Crippen molar-refractivity contribution in [3.63, 3.8) is 0 Å². The SMILES string of the molecule is CCCCP.CCCC[PH](CCCC)(CCCC)CCCC.F[B-](F)(F)F. The number of rotatable bonds is 14. The largest absolute Gasteiger partial charge is 0.673 e. The minimum atomic E-state index is -6.00. The van der Waals surface area contributed by atoms with Crippen LogP contribution in [0.4, 0.5) is 17.3 Å². The van der Waals surface area contributed by atoms with Crippen LogP contribution >= 0.6 is 16.5 Å². The summed E-state index contributed by atoms with van der Waals surface area (Å²) in [6.07, 6.45) is 22.1. The van der Waals surface area contributed by atoms with Crippen LogP contribution in [0.5, 0.6) is 0 Å². The van der Waals surface area contributed by atoms with Gasteiger partial charge in [0, 0.05) is 0 Å². The van der Waals surface area contributed by atoms with Crippen molar-refractivity contribution in [2.75, 3.05) is 30.8 Å². The monoisotopic (exact) mass is 437 g/mol. The van der Waals surface area contributed by atoms with E-state index in [9.17, 15) is 17.3 Å². The first-order valence-electron chi connectivity index (χ1n) is 11.2. The van der Waals surface area contributed by atoms with E-state index in [-0.39, 0.29) is 0 Å². The zero-order valence-electron chi connectivity index (χ0n) is 18.8. The maximum absolute atomic E-state index is 9.75. The Labute approximate surface area is 171 Å². The number of halogens is 4. The molecule has 0 aromatic heterocycles. The maximum atomic E-state index is 9.75. The average molecular weight is 437 g/mol. The summed E-state index contributed by atoms with van der Waals surface area (Å²) in [7, 11) is -4.18. The summed E-state index contributed by atoms with van der Waals surface area (Å²) < 4.78 is 39.0. The van der Waals surface area contributed by atoms with Crippen LogP contribution in [0.1, 0.15) is 98.8 Å². The first kappa shape index (κ1) is 32.3. The number of hydrogen-bond donors (Lipinski definition) is 0. The van der Waals surface area contributed by atoms with Gasteiger partial charge in [-0.1, -0.05) is 19.8 Å². The maximum Gasteiger partial charge on any atom is 0.673 e. The van der Waals surface area contributed by atoms with Gasteiger partial charge in [-0.05, 0) is 6.16 Å². The molecule has 0 aliphatic rings. The van der Waals surface area contributed by atoms with E-state index in [1.807, 2.05) is 0 Å². The van der Waals surface area contributed by atoms with E-state index in [1.54, 1.807) is 24.6 Å². The predicted molar refractivity (Wildman–Crippen MR) is 127 cm³/mol. The zero-order valence-corrected chi connectivity index (χ0v) is 20.9. The van der Waals surface area contributed by atoms with Gasteiger partial charge in [0.1, 0.15) is 0 Å². The minimum absolute atomic E-state index is 0.879. The molecule has 0 saturated carbocycles. The zero-order chi connectivity index (χ0) is 21.6. The third-order valence-electron chi connectivity index (χ3n) is 4.80. The molecule has 170 valence electrons. The van der Waals surface area contributed by atoms with Gasteiger partial charge >= 0.3 is 118 Å². The van der Waals surface area contributed by atoms with E-state index >= 15 is 0 Å². The van der Waals surface area contributed by atoms with E-state index in [2.05, 4.69) is 43.9 Å². The van der Waals surface area contributed by atoms with Crippen molar-refractivity contribution in [3.05, 3.63) is 0 Å². The van der Waals surface area contributed by atoms with Crippen LogP contribution in [-0.4, -0.2) is 38.1 Å². The van der Waals surface area contributed by atoms with Gasteiger partial charge in [0.25, 0.3) is 0 Å². The van der Waals surface area contributed by atoms with Crippen LogP contribution in [0.15, 0.2) is 0 Å². The second kappa shape index (κ2) is 22.9. The summed E-state index contributed by atoms with van der Waals surface area (Å²) >= 11 is 0. The van der Waals surface area contributed by atoms with Gasteiger partial charge in [0.05, 0.1) is 0 Å². The first-order valence-corrected chi connectivity index (χ1v) is 14.9. The van der Waals surface area contributed by atoms with Gasteiger partial charge in [-0.25, -0.2) is 0 Å². The third kappa shape index (κ3) is 31.6. The summed E-state index contributed by atoms with van der Waals surface area (Å²) in [6, 6.07) is 0. The molecule has 0 saturated heterocycles. The van der Waals surface area contributed by atoms with Crippen LogP contribution in [-0.2, 0) is 0 Å². The average Bonchev–Trinajstić information content (AvgIpc) is 2.60. The molecular weight excluding hydrogens is 389 g/mol. The standard InChI is InChI=1S/C16H37P.C4H11P.BF4/c1-5-9-13-17(14-10-6-2,15-11-7-3)16-12-8-4;1-2-3-4-5;2-1(3,4)5/h17H,5-16H2,1-4H3;2-5H2,1H3;/q;;-1. The molecule has 0 aliphatic heterocycles. The molecule has 1 atom stereocenters. The Balaban J connectivity index is -0.000000471. The molecule has 0 amide bonds. The molecule has 0 fully saturated rings. The summed E-state index contributed by atoms with van der Waals surface area (Å²) in [5, 5.41) is 0. The summed E-state index contributed by atoms with van der Waals surface area (Å²) in [6.45, 7) is 11.6. The van der Waals surface area contributed by atoms with Crippen molar-refractivity contribution in [2.45, 2.75) is 98.8 Å². The van der Waals surface area contributed by atoms with Crippen molar-refractivity contribution in [1.29, 1.82) is 0 Å². The van der Waals surface area contributed by atoms with E-state index in [4.69, 9.17) is 0 Å². The number of unbranched alkanes of at least 4 members (excludes halogenated alkanes) is 5. The first-order chi connectivity index (χ1) is 12.7. The van der Waals surface area contributed by atoms with Crippen molar-refractivity contribution in [3.8, 4) is 0 Å². The molecule has 0 spiro atoms. The molecule has 27 heavy (non-hydrogen) atoms. The quantitative estimate of drug-likeness (QED) is 0.145. The van der Waals surface area contributed by atoms with E-state index in [1.165, 1.54) is 70.4 Å². The van der Waals surface area contributed by atoms with E-state index in [0.717, 1.165) is 0 Å². The van der Waals surface area contributed by atoms with Gasteiger partial charge in [-0.2, -0.15) is 0 Å². The van der Waals surface area contributed by atoms with Gasteiger partial charge < -0.3 is 17.3 Å². The van der Waals surface area contributed by atoms with E-state index in [0.29, 0.717) is 0 Å². The van der Waals surface area contributed by atoms with Crippen molar-refractivity contribution in [2.24, 2.45) is 0 Å². The second-order valence-electron chi connectivity index (χ2n) is 7.55. The van der Waals surface area contributed by atoms with Crippen LogP contribution in [0.2, 0.25) is 0 Å². The summed E-state index contributed by atoms with van der Waals surface area (Å²) in [4.78, 5) is 0. The fraction of sp³-hybridized carbons (Fsp3) is 1.00. The molecular formula is C20H48BF4P2-. The molecule has 0 radical (unpaired) electrons. The molecule has 7 heteroatoms. The van der Waals surface area contributed by atoms with Crippen molar-refractivity contribution < 1.29 is 17.3 Å². The molecule has 0 N–H and O–H groups in total. The van der Waals surface area contributed by atoms with Crippen LogP contribution in [0.25, 0.3) is 0 Å². The topological polar surface area (TPSA) is 0 Å². The van der Waals surface area contributed by atoms with Crippen LogP contribution < -0.4 is 0 Å². The van der Waals surface area contributed by atoms with Gasteiger partial charge in [-0.3, -0.25) is 0 Å². The predicted octanol–water partition coefficient (Wildman–Crippen LogP) is 8.90. The Kier molecular flexibility index (Phi) is 27.4. The third-order valence-corrected chi connectivity index (χ3v) is 10.9. The molecule has 0 heterocycles. The summed E-state index contributed by atoms with van der Waals surface area (Å²) in [5.41, 5.74) is 0. The molecule has 0 bridgehead atoms. The smallest absolute Gasteiger partial charge is 0.418 e. The molecule has 0 nitrogen and oxygen atoms in total. The fourth-order valence-electron chi connectivity index (χ4n) is 3.16. The van der Waals surface area contributed by atoms with E-state index < -0.39 is 14.5 Å². The van der Waals surface area contributed by atoms with Gasteiger partial charge in [0.2, 0.25) is 0 Å². The van der Waals surface area contributed by atoms with Crippen LogP contribution in [0, 0.1) is 0 Å². The molecule has 0 aromatic rings. The molecule has 1 unspecified atom stereocenters. The van der Waals surface area contributed by atoms with Crippen LogP contribution in [0.3, 0.4) is 0 Å². The molecule has 0 rings (SSSR count). The molecule has 0 aliphatic carbocycles. The van der Waals surface area contributed by atoms with Gasteiger partial charge in [0.15, 0.2) is 0 Å². The second-order valence-corrected chi connectivity index (χ2v) is 13.1. The Morgan fingerprint density at radius 3 is 0.889 bits per heavy atom. The Morgan fingerprint density at radius 1 is 0.556 bits per heavy atom. The fourth-order valence-corrected chi connectivity index (χ4v) is 9.48. The molecule has 0 aromatic carbocycles.